The van der Waals surface area contributed by atoms with Gasteiger partial charge in [-0.3, -0.25) is 14.4 Å². The van der Waals surface area contributed by atoms with E-state index in [1.807, 2.05) is 42.5 Å². The number of carboxylic acids is 2. The first kappa shape index (κ1) is 37.4. The number of carbonyl (C=O) groups excluding carboxylic acids is 3. The van der Waals surface area contributed by atoms with E-state index in [0.29, 0.717) is 21.2 Å². The van der Waals surface area contributed by atoms with Crippen molar-refractivity contribution in [3.8, 4) is 11.1 Å². The Hall–Kier alpha value is -4.82. The lowest BCUT2D eigenvalue weighted by atomic mass is 9.99. The van der Waals surface area contributed by atoms with Crippen molar-refractivity contribution in [3.63, 3.8) is 0 Å². The van der Waals surface area contributed by atoms with Crippen LogP contribution in [0.25, 0.3) is 11.1 Å². The molecule has 1 atom stereocenters. The van der Waals surface area contributed by atoms with Gasteiger partial charge in [0, 0.05) is 29.6 Å². The summed E-state index contributed by atoms with van der Waals surface area (Å²) >= 11 is 11.9. The molecule has 3 aromatic carbocycles. The second-order valence-electron chi connectivity index (χ2n) is 9.38. The number of amides is 4. The summed E-state index contributed by atoms with van der Waals surface area (Å²) in [7, 11) is 0. The highest BCUT2D eigenvalue weighted by atomic mass is 35.5. The molecule has 6 N–H and O–H groups in total. The zero-order valence-electron chi connectivity index (χ0n) is 23.9. The zero-order valence-corrected chi connectivity index (χ0v) is 25.4. The van der Waals surface area contributed by atoms with Crippen molar-refractivity contribution in [2.24, 2.45) is 0 Å². The van der Waals surface area contributed by atoms with E-state index < -0.39 is 42.0 Å². The Kier molecular flexibility index (Phi) is 14.8. The molecular weight excluding hydrogens is 656 g/mol. The Bertz CT molecular complexity index is 1510. The summed E-state index contributed by atoms with van der Waals surface area (Å²) in [5.74, 6) is -4.81. The van der Waals surface area contributed by atoms with E-state index in [4.69, 9.17) is 33.1 Å². The summed E-state index contributed by atoms with van der Waals surface area (Å²) in [4.78, 5) is 56.8. The molecule has 3 rings (SSSR count). The van der Waals surface area contributed by atoms with Crippen molar-refractivity contribution >= 4 is 53.0 Å². The third-order valence-corrected chi connectivity index (χ3v) is 6.50. The Balaban J connectivity index is 0.000000942. The van der Waals surface area contributed by atoms with Crippen LogP contribution in [0.3, 0.4) is 0 Å². The fraction of sp³-hybridized carbons (Fsp3) is 0.233. The predicted octanol–water partition coefficient (Wildman–Crippen LogP) is 4.93. The zero-order chi connectivity index (χ0) is 34.3. The van der Waals surface area contributed by atoms with Crippen LogP contribution in [0.4, 0.5) is 18.0 Å². The van der Waals surface area contributed by atoms with Gasteiger partial charge in [0.1, 0.15) is 0 Å². The van der Waals surface area contributed by atoms with Crippen LogP contribution in [-0.4, -0.2) is 59.3 Å². The summed E-state index contributed by atoms with van der Waals surface area (Å²) in [6.45, 7) is -0.109. The molecule has 0 radical (unpaired) electrons. The van der Waals surface area contributed by atoms with Gasteiger partial charge in [-0.1, -0.05) is 83.9 Å². The number of aliphatic carboxylic acids is 2. The van der Waals surface area contributed by atoms with Crippen LogP contribution in [0, 0.1) is 0 Å². The molecule has 0 saturated carbocycles. The number of urea groups is 1. The molecule has 3 aromatic rings. The molecule has 0 fully saturated rings. The number of hydrogen-bond acceptors (Lipinski definition) is 5. The first-order chi connectivity index (χ1) is 21.6. The molecular formula is C30H29Cl2F3N4O7. The molecule has 0 spiro atoms. The third kappa shape index (κ3) is 13.9. The summed E-state index contributed by atoms with van der Waals surface area (Å²) in [6.07, 6.45) is -5.45. The molecule has 0 aromatic heterocycles. The summed E-state index contributed by atoms with van der Waals surface area (Å²) in [5.41, 5.74) is 3.30. The Labute approximate surface area is 271 Å². The molecule has 0 heterocycles. The van der Waals surface area contributed by atoms with Crippen LogP contribution in [-0.2, 0) is 25.7 Å². The van der Waals surface area contributed by atoms with Gasteiger partial charge >= 0.3 is 24.1 Å². The second-order valence-corrected chi connectivity index (χ2v) is 10.2. The molecule has 246 valence electrons. The van der Waals surface area contributed by atoms with Gasteiger partial charge < -0.3 is 31.5 Å². The van der Waals surface area contributed by atoms with Crippen LogP contribution >= 0.6 is 23.2 Å². The maximum atomic E-state index is 12.4. The van der Waals surface area contributed by atoms with Gasteiger partial charge in [0.2, 0.25) is 11.8 Å². The fourth-order valence-electron chi connectivity index (χ4n) is 3.67. The van der Waals surface area contributed by atoms with E-state index in [1.165, 1.54) is 0 Å². The van der Waals surface area contributed by atoms with Gasteiger partial charge in [0.15, 0.2) is 0 Å². The number of hydrogen-bond donors (Lipinski definition) is 6. The van der Waals surface area contributed by atoms with E-state index >= 15 is 0 Å². The van der Waals surface area contributed by atoms with Crippen molar-refractivity contribution < 1.29 is 47.4 Å². The van der Waals surface area contributed by atoms with Gasteiger partial charge in [-0.25, -0.2) is 9.59 Å². The molecule has 0 bridgehead atoms. The lowest BCUT2D eigenvalue weighted by molar-refractivity contribution is -0.192. The topological polar surface area (TPSA) is 174 Å². The number of nitrogens with one attached hydrogen (secondary N) is 4. The minimum atomic E-state index is -5.08. The normalized spacial score (nSPS) is 11.2. The van der Waals surface area contributed by atoms with E-state index in [2.05, 4.69) is 21.3 Å². The minimum absolute atomic E-state index is 0.0447. The van der Waals surface area contributed by atoms with Crippen LogP contribution < -0.4 is 21.3 Å². The Morgan fingerprint density at radius 1 is 0.783 bits per heavy atom. The summed E-state index contributed by atoms with van der Waals surface area (Å²) in [6, 6.07) is 20.6. The van der Waals surface area contributed by atoms with Gasteiger partial charge in [-0.15, -0.1) is 0 Å². The highest BCUT2D eigenvalue weighted by Crippen LogP contribution is 2.24. The first-order valence-corrected chi connectivity index (χ1v) is 14.1. The van der Waals surface area contributed by atoms with Crippen molar-refractivity contribution in [1.82, 2.24) is 21.3 Å². The van der Waals surface area contributed by atoms with E-state index in [1.54, 1.807) is 30.3 Å². The predicted molar refractivity (Wildman–Crippen MR) is 163 cm³/mol. The largest absolute Gasteiger partial charge is 0.490 e. The average molecular weight is 685 g/mol. The van der Waals surface area contributed by atoms with Crippen LogP contribution in [0.2, 0.25) is 10.0 Å². The SMILES string of the molecule is O=C(O)C(F)(F)F.O=C(O)CC(NC(=O)CNC(=O)CCNC(=O)NCc1ccc(Cl)cc1Cl)c1ccc(-c2ccccc2)cc1. The lowest BCUT2D eigenvalue weighted by Gasteiger charge is -2.18. The van der Waals surface area contributed by atoms with Crippen molar-refractivity contribution in [2.45, 2.75) is 31.6 Å². The number of carbonyl (C=O) groups is 5. The molecule has 46 heavy (non-hydrogen) atoms. The van der Waals surface area contributed by atoms with Crippen LogP contribution in [0.15, 0.2) is 72.8 Å². The fourth-order valence-corrected chi connectivity index (χ4v) is 4.15. The molecule has 0 saturated heterocycles. The highest BCUT2D eigenvalue weighted by molar-refractivity contribution is 6.35. The number of carboxylic acid groups (broad SMARTS) is 2. The number of benzene rings is 3. The Morgan fingerprint density at radius 3 is 1.96 bits per heavy atom. The molecule has 0 aliphatic heterocycles. The number of halogens is 5. The van der Waals surface area contributed by atoms with Crippen molar-refractivity contribution in [1.29, 1.82) is 0 Å². The van der Waals surface area contributed by atoms with E-state index in [9.17, 15) is 37.5 Å². The standard InChI is InChI=1S/C28H28Cl2N4O5.C2HF3O2/c29-22-11-10-21(23(30)14-22)16-33-28(39)31-13-12-25(35)32-17-26(36)34-24(15-27(37)38)20-8-6-19(7-9-20)18-4-2-1-3-5-18;3-2(4,5)1(6)7/h1-11,14,24H,12-13,15-17H2,(H,32,35)(H,34,36)(H,37,38)(H2,31,33,39);(H,6,7). The van der Waals surface area contributed by atoms with Crippen LogP contribution in [0.1, 0.15) is 30.0 Å². The monoisotopic (exact) mass is 684 g/mol. The molecule has 16 heteroatoms. The van der Waals surface area contributed by atoms with E-state index in [0.717, 1.165) is 11.1 Å². The molecule has 1 unspecified atom stereocenters. The van der Waals surface area contributed by atoms with E-state index in [-0.39, 0.29) is 32.5 Å². The van der Waals surface area contributed by atoms with Gasteiger partial charge in [0.05, 0.1) is 19.0 Å². The Morgan fingerprint density at radius 2 is 1.39 bits per heavy atom. The molecule has 11 nitrogen and oxygen atoms in total. The minimum Gasteiger partial charge on any atom is -0.481 e. The maximum Gasteiger partial charge on any atom is 0.490 e. The first-order valence-electron chi connectivity index (χ1n) is 13.3. The molecule has 4 amide bonds. The number of rotatable bonds is 12. The molecule has 0 aliphatic rings. The number of alkyl halides is 3. The lowest BCUT2D eigenvalue weighted by Crippen LogP contribution is -2.41. The van der Waals surface area contributed by atoms with Crippen molar-refractivity contribution in [3.05, 3.63) is 94.0 Å². The van der Waals surface area contributed by atoms with Gasteiger partial charge in [0.25, 0.3) is 0 Å². The summed E-state index contributed by atoms with van der Waals surface area (Å²) < 4.78 is 31.7. The van der Waals surface area contributed by atoms with Crippen LogP contribution in [0.5, 0.6) is 0 Å². The summed E-state index contributed by atoms with van der Waals surface area (Å²) in [5, 5.41) is 27.6. The van der Waals surface area contributed by atoms with Gasteiger partial charge in [-0.05, 0) is 34.4 Å². The maximum absolute atomic E-state index is 12.4. The molecule has 0 aliphatic carbocycles. The highest BCUT2D eigenvalue weighted by Gasteiger charge is 2.38. The average Bonchev–Trinajstić information content (AvgIpc) is 2.99. The third-order valence-electron chi connectivity index (χ3n) is 5.91. The smallest absolute Gasteiger partial charge is 0.481 e. The van der Waals surface area contributed by atoms with Gasteiger partial charge in [-0.2, -0.15) is 13.2 Å². The second kappa shape index (κ2) is 18.2. The quantitative estimate of drug-likeness (QED) is 0.157. The van der Waals surface area contributed by atoms with Crippen molar-refractivity contribution in [2.75, 3.05) is 13.1 Å².